The van der Waals surface area contributed by atoms with Crippen molar-refractivity contribution >= 4 is 11.6 Å². The van der Waals surface area contributed by atoms with E-state index < -0.39 is 0 Å². The highest BCUT2D eigenvalue weighted by Crippen LogP contribution is 2.14. The molecular formula is C20H21N7O2. The van der Waals surface area contributed by atoms with Crippen molar-refractivity contribution in [3.8, 4) is 5.82 Å². The van der Waals surface area contributed by atoms with Crippen LogP contribution in [0.15, 0.2) is 59.8 Å². The van der Waals surface area contributed by atoms with E-state index >= 15 is 0 Å². The zero-order valence-electron chi connectivity index (χ0n) is 16.0. The van der Waals surface area contributed by atoms with Crippen LogP contribution < -0.4 is 11.0 Å². The van der Waals surface area contributed by atoms with Crippen molar-refractivity contribution in [2.45, 2.75) is 26.3 Å². The van der Waals surface area contributed by atoms with Gasteiger partial charge in [0.05, 0.1) is 17.5 Å². The topological polar surface area (TPSA) is 99.1 Å². The molecule has 0 bridgehead atoms. The van der Waals surface area contributed by atoms with Gasteiger partial charge in [0.25, 0.3) is 5.91 Å². The number of nitrogens with zero attached hydrogens (tertiary/aromatic N) is 6. The molecule has 0 saturated heterocycles. The van der Waals surface area contributed by atoms with Crippen LogP contribution in [0.4, 0.5) is 0 Å². The van der Waals surface area contributed by atoms with E-state index in [4.69, 9.17) is 0 Å². The molecule has 0 atom stereocenters. The maximum atomic E-state index is 12.6. The van der Waals surface area contributed by atoms with Crippen molar-refractivity contribution in [3.63, 3.8) is 0 Å². The molecule has 9 heteroatoms. The molecule has 0 aromatic carbocycles. The minimum absolute atomic E-state index is 0.183. The van der Waals surface area contributed by atoms with E-state index in [1.54, 1.807) is 35.4 Å². The molecule has 0 fully saturated rings. The summed E-state index contributed by atoms with van der Waals surface area (Å²) in [5.41, 5.74) is 1.76. The fraction of sp³-hybridized carbons (Fsp3) is 0.250. The number of pyridine rings is 2. The number of fused-ring (bicyclic) bond motifs is 1. The summed E-state index contributed by atoms with van der Waals surface area (Å²) in [6.07, 6.45) is 6.18. The van der Waals surface area contributed by atoms with E-state index in [0.29, 0.717) is 43.0 Å². The van der Waals surface area contributed by atoms with Crippen LogP contribution in [0.1, 0.15) is 29.4 Å². The Hall–Kier alpha value is -3.75. The maximum absolute atomic E-state index is 12.6. The van der Waals surface area contributed by atoms with Crippen LogP contribution in [0.5, 0.6) is 0 Å². The number of nitrogens with one attached hydrogen (secondary N) is 1. The third kappa shape index (κ3) is 3.66. The van der Waals surface area contributed by atoms with Crippen LogP contribution in [0, 0.1) is 0 Å². The van der Waals surface area contributed by atoms with Gasteiger partial charge in [-0.2, -0.15) is 5.10 Å². The van der Waals surface area contributed by atoms with Gasteiger partial charge in [0.2, 0.25) is 0 Å². The third-order valence-electron chi connectivity index (χ3n) is 4.64. The summed E-state index contributed by atoms with van der Waals surface area (Å²) in [5, 5.41) is 11.5. The minimum Gasteiger partial charge on any atom is -0.352 e. The molecule has 0 saturated carbocycles. The van der Waals surface area contributed by atoms with Crippen LogP contribution in [-0.4, -0.2) is 41.4 Å². The first-order chi connectivity index (χ1) is 14.2. The summed E-state index contributed by atoms with van der Waals surface area (Å²) in [6, 6.07) is 11.0. The molecule has 9 nitrogen and oxygen atoms in total. The Labute approximate surface area is 166 Å². The van der Waals surface area contributed by atoms with Gasteiger partial charge >= 0.3 is 5.69 Å². The quantitative estimate of drug-likeness (QED) is 0.481. The van der Waals surface area contributed by atoms with Gasteiger partial charge in [0, 0.05) is 25.5 Å². The molecule has 4 rings (SSSR count). The van der Waals surface area contributed by atoms with Crippen molar-refractivity contribution in [1.82, 2.24) is 34.3 Å². The first kappa shape index (κ1) is 18.6. The molecule has 0 aliphatic heterocycles. The highest BCUT2D eigenvalue weighted by molar-refractivity contribution is 5.95. The lowest BCUT2D eigenvalue weighted by Crippen LogP contribution is -2.28. The maximum Gasteiger partial charge on any atom is 0.350 e. The van der Waals surface area contributed by atoms with Gasteiger partial charge in [0.1, 0.15) is 0 Å². The van der Waals surface area contributed by atoms with E-state index in [2.05, 4.69) is 20.5 Å². The molecule has 0 radical (unpaired) electrons. The molecule has 29 heavy (non-hydrogen) atoms. The number of rotatable bonds is 7. The van der Waals surface area contributed by atoms with Gasteiger partial charge < -0.3 is 5.32 Å². The largest absolute Gasteiger partial charge is 0.352 e. The second-order valence-electron chi connectivity index (χ2n) is 6.50. The predicted molar refractivity (Wildman–Crippen MR) is 107 cm³/mol. The molecule has 0 spiro atoms. The SMILES string of the molecule is CCc1c(C(=O)NCCCn2nc3ccccn3c2=O)cnn1-c1ccccn1. The van der Waals surface area contributed by atoms with Crippen LogP contribution in [-0.2, 0) is 13.0 Å². The molecule has 4 heterocycles. The predicted octanol–water partition coefficient (Wildman–Crippen LogP) is 1.46. The summed E-state index contributed by atoms with van der Waals surface area (Å²) < 4.78 is 4.60. The number of aromatic nitrogens is 6. The molecule has 4 aromatic heterocycles. The van der Waals surface area contributed by atoms with E-state index in [1.807, 2.05) is 31.2 Å². The van der Waals surface area contributed by atoms with Gasteiger partial charge in [-0.25, -0.2) is 19.1 Å². The van der Waals surface area contributed by atoms with Crippen LogP contribution in [0.3, 0.4) is 0 Å². The summed E-state index contributed by atoms with van der Waals surface area (Å²) in [5.74, 6) is 0.487. The van der Waals surface area contributed by atoms with Crippen molar-refractivity contribution in [3.05, 3.63) is 76.7 Å². The van der Waals surface area contributed by atoms with E-state index in [1.165, 1.54) is 9.08 Å². The average molecular weight is 391 g/mol. The first-order valence-corrected chi connectivity index (χ1v) is 9.49. The minimum atomic E-state index is -0.189. The summed E-state index contributed by atoms with van der Waals surface area (Å²) in [6.45, 7) is 2.83. The monoisotopic (exact) mass is 391 g/mol. The first-order valence-electron chi connectivity index (χ1n) is 9.49. The molecule has 4 aromatic rings. The average Bonchev–Trinajstić information content (AvgIpc) is 3.33. The van der Waals surface area contributed by atoms with Crippen LogP contribution in [0.2, 0.25) is 0 Å². The van der Waals surface area contributed by atoms with Gasteiger partial charge in [-0.3, -0.25) is 9.20 Å². The number of amides is 1. The van der Waals surface area contributed by atoms with Crippen LogP contribution >= 0.6 is 0 Å². The smallest absolute Gasteiger partial charge is 0.350 e. The molecule has 1 N–H and O–H groups in total. The number of hydrogen-bond donors (Lipinski definition) is 1. The Morgan fingerprint density at radius 1 is 1.17 bits per heavy atom. The molecule has 0 aliphatic carbocycles. The highest BCUT2D eigenvalue weighted by atomic mass is 16.2. The number of carbonyl (C=O) groups is 1. The summed E-state index contributed by atoms with van der Waals surface area (Å²) in [4.78, 5) is 29.2. The van der Waals surface area contributed by atoms with E-state index in [9.17, 15) is 9.59 Å². The van der Waals surface area contributed by atoms with Crippen molar-refractivity contribution in [2.75, 3.05) is 6.54 Å². The molecule has 1 amide bonds. The van der Waals surface area contributed by atoms with Gasteiger partial charge in [-0.1, -0.05) is 19.1 Å². The fourth-order valence-corrected chi connectivity index (χ4v) is 3.22. The molecule has 148 valence electrons. The standard InChI is InChI=1S/C20H21N7O2/c1-2-16-15(14-23-27(16)17-8-3-5-10-21-17)19(28)22-11-7-13-26-20(29)25-12-6-4-9-18(25)24-26/h3-6,8-10,12,14H,2,7,11,13H2,1H3,(H,22,28). The number of carbonyl (C=O) groups excluding carboxylic acids is 1. The zero-order valence-corrected chi connectivity index (χ0v) is 16.0. The van der Waals surface area contributed by atoms with E-state index in [0.717, 1.165) is 5.69 Å². The Kier molecular flexibility index (Phi) is 5.19. The summed E-state index contributed by atoms with van der Waals surface area (Å²) in [7, 11) is 0. The van der Waals surface area contributed by atoms with Crippen molar-refractivity contribution in [2.24, 2.45) is 0 Å². The normalized spacial score (nSPS) is 11.1. The van der Waals surface area contributed by atoms with Gasteiger partial charge in [-0.15, -0.1) is 5.10 Å². The fourth-order valence-electron chi connectivity index (χ4n) is 3.22. The highest BCUT2D eigenvalue weighted by Gasteiger charge is 2.17. The second-order valence-corrected chi connectivity index (χ2v) is 6.50. The molecule has 0 aliphatic rings. The third-order valence-corrected chi connectivity index (χ3v) is 4.64. The Balaban J connectivity index is 1.39. The number of hydrogen-bond acceptors (Lipinski definition) is 5. The Morgan fingerprint density at radius 3 is 2.79 bits per heavy atom. The van der Waals surface area contributed by atoms with Crippen molar-refractivity contribution < 1.29 is 4.79 Å². The zero-order chi connectivity index (χ0) is 20.2. The molecule has 0 unspecified atom stereocenters. The lowest BCUT2D eigenvalue weighted by Gasteiger charge is -2.08. The lowest BCUT2D eigenvalue weighted by molar-refractivity contribution is 0.0951. The Bertz CT molecular complexity index is 1190. The Morgan fingerprint density at radius 2 is 2.03 bits per heavy atom. The summed E-state index contributed by atoms with van der Waals surface area (Å²) >= 11 is 0. The molecular weight excluding hydrogens is 370 g/mol. The van der Waals surface area contributed by atoms with Gasteiger partial charge in [-0.05, 0) is 37.1 Å². The second kappa shape index (κ2) is 8.09. The van der Waals surface area contributed by atoms with Crippen molar-refractivity contribution in [1.29, 1.82) is 0 Å². The lowest BCUT2D eigenvalue weighted by atomic mass is 10.2. The van der Waals surface area contributed by atoms with E-state index in [-0.39, 0.29) is 11.6 Å². The van der Waals surface area contributed by atoms with Gasteiger partial charge in [0.15, 0.2) is 11.5 Å². The number of aryl methyl sites for hydroxylation is 1. The van der Waals surface area contributed by atoms with Crippen LogP contribution in [0.25, 0.3) is 11.5 Å².